The molecule has 3 nitrogen and oxygen atoms in total. The van der Waals surface area contributed by atoms with Gasteiger partial charge in [0.15, 0.2) is 0 Å². The molecule has 3 heteroatoms. The molecule has 0 radical (unpaired) electrons. The van der Waals surface area contributed by atoms with Gasteiger partial charge in [0.2, 0.25) is 0 Å². The summed E-state index contributed by atoms with van der Waals surface area (Å²) >= 11 is 0. The van der Waals surface area contributed by atoms with Gasteiger partial charge in [-0.2, -0.15) is 0 Å². The van der Waals surface area contributed by atoms with Crippen LogP contribution in [-0.2, 0) is 0 Å². The summed E-state index contributed by atoms with van der Waals surface area (Å²) in [7, 11) is 0. The van der Waals surface area contributed by atoms with Crippen LogP contribution in [0.2, 0.25) is 0 Å². The molecule has 0 spiro atoms. The van der Waals surface area contributed by atoms with Gasteiger partial charge < -0.3 is 10.2 Å². The summed E-state index contributed by atoms with van der Waals surface area (Å²) in [4.78, 5) is 5.38. The maximum Gasteiger partial charge on any atom is 0.0346 e. The van der Waals surface area contributed by atoms with Gasteiger partial charge in [0.05, 0.1) is 0 Å². The molecule has 0 saturated carbocycles. The van der Waals surface area contributed by atoms with E-state index in [1.807, 2.05) is 0 Å². The highest BCUT2D eigenvalue weighted by Crippen LogP contribution is 2.16. The van der Waals surface area contributed by atoms with Crippen LogP contribution in [0.25, 0.3) is 0 Å². The van der Waals surface area contributed by atoms with E-state index in [9.17, 15) is 0 Å². The van der Waals surface area contributed by atoms with Crippen LogP contribution >= 0.6 is 0 Å². The van der Waals surface area contributed by atoms with Crippen LogP contribution in [0.4, 0.5) is 0 Å². The summed E-state index contributed by atoms with van der Waals surface area (Å²) in [6, 6.07) is 0.842. The van der Waals surface area contributed by atoms with E-state index in [-0.39, 0.29) is 0 Å². The SMILES string of the molecule is CCCCC(CC)CN1CCN(C2CNC2)CC1. The van der Waals surface area contributed by atoms with Crippen LogP contribution in [0.3, 0.4) is 0 Å². The van der Waals surface area contributed by atoms with Crippen LogP contribution in [0, 0.1) is 5.92 Å². The molecular weight excluding hydrogens is 222 g/mol. The Bertz CT molecular complexity index is 220. The topological polar surface area (TPSA) is 18.5 Å². The summed E-state index contributed by atoms with van der Waals surface area (Å²) in [5.41, 5.74) is 0. The van der Waals surface area contributed by atoms with Crippen molar-refractivity contribution >= 4 is 0 Å². The van der Waals surface area contributed by atoms with Gasteiger partial charge in [-0.15, -0.1) is 0 Å². The molecule has 1 N–H and O–H groups in total. The van der Waals surface area contributed by atoms with Gasteiger partial charge in [-0.3, -0.25) is 4.90 Å². The Morgan fingerprint density at radius 3 is 2.33 bits per heavy atom. The fourth-order valence-corrected chi connectivity index (χ4v) is 3.13. The number of piperazine rings is 1. The van der Waals surface area contributed by atoms with Gasteiger partial charge in [-0.05, 0) is 12.3 Å². The molecule has 0 bridgehead atoms. The van der Waals surface area contributed by atoms with Crippen LogP contribution in [0.1, 0.15) is 39.5 Å². The zero-order chi connectivity index (χ0) is 12.8. The Hall–Kier alpha value is -0.120. The zero-order valence-corrected chi connectivity index (χ0v) is 12.3. The summed E-state index contributed by atoms with van der Waals surface area (Å²) in [6.45, 7) is 13.6. The van der Waals surface area contributed by atoms with Crippen molar-refractivity contribution in [2.45, 2.75) is 45.6 Å². The van der Waals surface area contributed by atoms with Crippen molar-refractivity contribution in [3.8, 4) is 0 Å². The fraction of sp³-hybridized carbons (Fsp3) is 1.00. The van der Waals surface area contributed by atoms with E-state index in [0.717, 1.165) is 12.0 Å². The smallest absolute Gasteiger partial charge is 0.0346 e. The van der Waals surface area contributed by atoms with E-state index in [1.54, 1.807) is 0 Å². The lowest BCUT2D eigenvalue weighted by molar-refractivity contribution is 0.0641. The Morgan fingerprint density at radius 2 is 1.83 bits per heavy atom. The molecule has 1 atom stereocenters. The van der Waals surface area contributed by atoms with Crippen LogP contribution in [0.15, 0.2) is 0 Å². The number of hydrogen-bond donors (Lipinski definition) is 1. The Morgan fingerprint density at radius 1 is 1.11 bits per heavy atom. The molecule has 18 heavy (non-hydrogen) atoms. The molecule has 0 aromatic rings. The molecule has 2 aliphatic heterocycles. The Balaban J connectivity index is 1.65. The van der Waals surface area contributed by atoms with Crippen molar-refractivity contribution in [1.82, 2.24) is 15.1 Å². The molecule has 1 unspecified atom stereocenters. The number of unbranched alkanes of at least 4 members (excludes halogenated alkanes) is 1. The first-order chi connectivity index (χ1) is 8.83. The second kappa shape index (κ2) is 7.46. The van der Waals surface area contributed by atoms with Gasteiger partial charge in [0.25, 0.3) is 0 Å². The number of nitrogens with zero attached hydrogens (tertiary/aromatic N) is 2. The van der Waals surface area contributed by atoms with Crippen LogP contribution in [0.5, 0.6) is 0 Å². The van der Waals surface area contributed by atoms with Crippen molar-refractivity contribution in [2.24, 2.45) is 5.92 Å². The molecule has 0 aliphatic carbocycles. The second-order valence-corrected chi connectivity index (χ2v) is 6.07. The van der Waals surface area contributed by atoms with Gasteiger partial charge >= 0.3 is 0 Å². The lowest BCUT2D eigenvalue weighted by Gasteiger charge is -2.43. The maximum absolute atomic E-state index is 3.38. The molecule has 2 heterocycles. The van der Waals surface area contributed by atoms with Gasteiger partial charge in [0.1, 0.15) is 0 Å². The van der Waals surface area contributed by atoms with E-state index in [1.165, 1.54) is 71.5 Å². The summed E-state index contributed by atoms with van der Waals surface area (Å²) in [5.74, 6) is 0.932. The van der Waals surface area contributed by atoms with Crippen LogP contribution in [-0.4, -0.2) is 61.7 Å². The quantitative estimate of drug-likeness (QED) is 0.746. The fourth-order valence-electron chi connectivity index (χ4n) is 3.13. The standard InChI is InChI=1S/C15H31N3/c1-3-5-6-14(4-2)13-17-7-9-18(10-8-17)15-11-16-12-15/h14-16H,3-13H2,1-2H3. The highest BCUT2D eigenvalue weighted by Gasteiger charge is 2.27. The molecule has 2 rings (SSSR count). The third-order valence-corrected chi connectivity index (χ3v) is 4.74. The zero-order valence-electron chi connectivity index (χ0n) is 12.3. The van der Waals surface area contributed by atoms with Crippen molar-refractivity contribution in [2.75, 3.05) is 45.8 Å². The molecule has 0 amide bonds. The molecule has 2 aliphatic rings. The number of nitrogens with one attached hydrogen (secondary N) is 1. The average Bonchev–Trinajstić information content (AvgIpc) is 2.34. The second-order valence-electron chi connectivity index (χ2n) is 6.07. The van der Waals surface area contributed by atoms with Crippen molar-refractivity contribution in [1.29, 1.82) is 0 Å². The highest BCUT2D eigenvalue weighted by atomic mass is 15.3. The molecule has 0 aromatic heterocycles. The van der Waals surface area contributed by atoms with E-state index in [4.69, 9.17) is 0 Å². The summed E-state index contributed by atoms with van der Waals surface area (Å²) < 4.78 is 0. The third kappa shape index (κ3) is 3.94. The van der Waals surface area contributed by atoms with E-state index < -0.39 is 0 Å². The monoisotopic (exact) mass is 253 g/mol. The molecule has 106 valence electrons. The lowest BCUT2D eigenvalue weighted by atomic mass is 9.98. The largest absolute Gasteiger partial charge is 0.314 e. The Kier molecular flexibility index (Phi) is 5.93. The van der Waals surface area contributed by atoms with Gasteiger partial charge in [0, 0.05) is 51.9 Å². The Labute approximate surface area is 113 Å². The summed E-state index contributed by atoms with van der Waals surface area (Å²) in [6.07, 6.45) is 5.54. The minimum Gasteiger partial charge on any atom is -0.314 e. The van der Waals surface area contributed by atoms with Gasteiger partial charge in [-0.1, -0.05) is 33.1 Å². The first kappa shape index (κ1) is 14.3. The van der Waals surface area contributed by atoms with E-state index in [0.29, 0.717) is 0 Å². The lowest BCUT2D eigenvalue weighted by Crippen LogP contribution is -2.61. The normalized spacial score (nSPS) is 25.0. The predicted octanol–water partition coefficient (Wildman–Crippen LogP) is 1.79. The van der Waals surface area contributed by atoms with E-state index >= 15 is 0 Å². The summed E-state index contributed by atoms with van der Waals surface area (Å²) in [5, 5.41) is 3.38. The van der Waals surface area contributed by atoms with Crippen molar-refractivity contribution < 1.29 is 0 Å². The minimum atomic E-state index is 0.842. The third-order valence-electron chi connectivity index (χ3n) is 4.74. The number of hydrogen-bond acceptors (Lipinski definition) is 3. The molecule has 2 fully saturated rings. The van der Waals surface area contributed by atoms with Crippen LogP contribution < -0.4 is 5.32 Å². The average molecular weight is 253 g/mol. The molecular formula is C15H31N3. The predicted molar refractivity (Wildman–Crippen MR) is 78.0 cm³/mol. The number of rotatable bonds is 7. The van der Waals surface area contributed by atoms with Crippen molar-refractivity contribution in [3.63, 3.8) is 0 Å². The van der Waals surface area contributed by atoms with Crippen molar-refractivity contribution in [3.05, 3.63) is 0 Å². The first-order valence-electron chi connectivity index (χ1n) is 8.00. The molecule has 0 aromatic carbocycles. The highest BCUT2D eigenvalue weighted by molar-refractivity contribution is 4.87. The maximum atomic E-state index is 3.38. The molecule has 2 saturated heterocycles. The van der Waals surface area contributed by atoms with Gasteiger partial charge in [-0.25, -0.2) is 0 Å². The minimum absolute atomic E-state index is 0.842. The van der Waals surface area contributed by atoms with E-state index in [2.05, 4.69) is 29.0 Å². The first-order valence-corrected chi connectivity index (χ1v) is 8.00.